The topological polar surface area (TPSA) is 118 Å². The molecule has 4 saturated heterocycles. The van der Waals surface area contributed by atoms with Crippen molar-refractivity contribution in [3.8, 4) is 0 Å². The summed E-state index contributed by atoms with van der Waals surface area (Å²) in [6, 6.07) is 1.96. The highest BCUT2D eigenvalue weighted by molar-refractivity contribution is 6.32. The molecule has 12 heteroatoms. The number of nitrogens with one attached hydrogen (secondary N) is 1. The first kappa shape index (κ1) is 29.5. The Kier molecular flexibility index (Phi) is 8.26. The highest BCUT2D eigenvalue weighted by atomic mass is 35.5. The lowest BCUT2D eigenvalue weighted by Gasteiger charge is -2.40. The number of carbonyl (C=O) groups excluding carboxylic acids is 1. The van der Waals surface area contributed by atoms with Gasteiger partial charge in [-0.05, 0) is 94.7 Å². The maximum absolute atomic E-state index is 13.8. The number of hydrogen-bond acceptors (Lipinski definition) is 8. The van der Waals surface area contributed by atoms with Gasteiger partial charge in [-0.2, -0.15) is 4.98 Å². The van der Waals surface area contributed by atoms with Crippen LogP contribution in [0.3, 0.4) is 0 Å². The summed E-state index contributed by atoms with van der Waals surface area (Å²) in [7, 11) is 0. The minimum atomic E-state index is -0.814. The van der Waals surface area contributed by atoms with Crippen LogP contribution in [0.5, 0.6) is 0 Å². The normalized spacial score (nSPS) is 24.7. The van der Waals surface area contributed by atoms with Crippen LogP contribution in [0.25, 0.3) is 0 Å². The number of likely N-dealkylation sites (tertiary alicyclic amines) is 2. The molecule has 4 aliphatic heterocycles. The predicted molar refractivity (Wildman–Crippen MR) is 170 cm³/mol. The molecule has 1 saturated carbocycles. The first-order valence-electron chi connectivity index (χ1n) is 16.4. The molecule has 1 unspecified atom stereocenters. The van der Waals surface area contributed by atoms with Gasteiger partial charge in [0.2, 0.25) is 11.9 Å². The summed E-state index contributed by atoms with van der Waals surface area (Å²) in [6.07, 6.45) is 13.9. The molecule has 2 aromatic heterocycles. The zero-order valence-corrected chi connectivity index (χ0v) is 26.1. The van der Waals surface area contributed by atoms with Gasteiger partial charge in [0.05, 0.1) is 35.4 Å². The van der Waals surface area contributed by atoms with Gasteiger partial charge in [-0.1, -0.05) is 11.6 Å². The van der Waals surface area contributed by atoms with Crippen molar-refractivity contribution in [3.63, 3.8) is 0 Å². The van der Waals surface area contributed by atoms with Crippen LogP contribution in [0, 0.1) is 23.2 Å². The lowest BCUT2D eigenvalue weighted by atomic mass is 9.77. The van der Waals surface area contributed by atoms with Crippen LogP contribution in [-0.2, 0) is 4.79 Å². The Morgan fingerprint density at radius 2 is 1.75 bits per heavy atom. The Balaban J connectivity index is 0.961. The van der Waals surface area contributed by atoms with Crippen molar-refractivity contribution in [2.24, 2.45) is 23.2 Å². The van der Waals surface area contributed by atoms with E-state index in [0.717, 1.165) is 100 Å². The SMILES string of the molecule is O=C(O)N1CCC(CN2CCC3(CC2)CCN(c2cncc(Nc4ncc(Cl)c(N5CCCC(C6CC6)C5)n4)c2)C3=O)CC1. The quantitative estimate of drug-likeness (QED) is 0.435. The zero-order valence-electron chi connectivity index (χ0n) is 25.3. The van der Waals surface area contributed by atoms with Crippen molar-refractivity contribution in [1.29, 1.82) is 0 Å². The van der Waals surface area contributed by atoms with Gasteiger partial charge >= 0.3 is 6.09 Å². The van der Waals surface area contributed by atoms with E-state index in [1.54, 1.807) is 18.6 Å². The number of carboxylic acid groups (broad SMARTS) is 1. The third-order valence-corrected chi connectivity index (χ3v) is 11.1. The molecule has 1 atom stereocenters. The second kappa shape index (κ2) is 12.3. The maximum Gasteiger partial charge on any atom is 0.407 e. The highest BCUT2D eigenvalue weighted by Crippen LogP contribution is 2.44. The van der Waals surface area contributed by atoms with E-state index in [0.29, 0.717) is 36.5 Å². The van der Waals surface area contributed by atoms with Gasteiger partial charge in [-0.25, -0.2) is 9.78 Å². The second-order valence-corrected chi connectivity index (χ2v) is 14.0. The van der Waals surface area contributed by atoms with Crippen molar-refractivity contribution in [3.05, 3.63) is 29.7 Å². The van der Waals surface area contributed by atoms with E-state index >= 15 is 0 Å². The Labute approximate surface area is 264 Å². The molecular weight excluding hydrogens is 580 g/mol. The van der Waals surface area contributed by atoms with Crippen LogP contribution in [0.1, 0.15) is 57.8 Å². The predicted octanol–water partition coefficient (Wildman–Crippen LogP) is 5.10. The Hall–Kier alpha value is -3.18. The number of hydrogen-bond donors (Lipinski definition) is 2. The molecule has 1 spiro atoms. The number of rotatable bonds is 7. The van der Waals surface area contributed by atoms with E-state index in [2.05, 4.69) is 25.1 Å². The number of nitrogens with zero attached hydrogens (tertiary/aromatic N) is 7. The summed E-state index contributed by atoms with van der Waals surface area (Å²) >= 11 is 6.57. The molecule has 0 aromatic carbocycles. The Morgan fingerprint density at radius 1 is 0.977 bits per heavy atom. The van der Waals surface area contributed by atoms with Crippen molar-refractivity contribution in [2.45, 2.75) is 57.8 Å². The summed E-state index contributed by atoms with van der Waals surface area (Å²) in [6.45, 7) is 6.71. The first-order chi connectivity index (χ1) is 21.4. The molecule has 5 fully saturated rings. The first-order valence-corrected chi connectivity index (χ1v) is 16.8. The van der Waals surface area contributed by atoms with Gasteiger partial charge in [0.1, 0.15) is 5.02 Å². The zero-order chi connectivity index (χ0) is 30.3. The van der Waals surface area contributed by atoms with E-state index in [9.17, 15) is 14.7 Å². The van der Waals surface area contributed by atoms with Gasteiger partial charge in [-0.3, -0.25) is 9.78 Å². The third kappa shape index (κ3) is 6.18. The Morgan fingerprint density at radius 3 is 2.50 bits per heavy atom. The minimum Gasteiger partial charge on any atom is -0.465 e. The summed E-state index contributed by atoms with van der Waals surface area (Å²) in [5.74, 6) is 3.57. The second-order valence-electron chi connectivity index (χ2n) is 13.6. The summed E-state index contributed by atoms with van der Waals surface area (Å²) in [5.41, 5.74) is 1.22. The van der Waals surface area contributed by atoms with Gasteiger partial charge in [-0.15, -0.1) is 0 Å². The summed E-state index contributed by atoms with van der Waals surface area (Å²) < 4.78 is 0. The van der Waals surface area contributed by atoms with Crippen molar-refractivity contribution >= 4 is 46.7 Å². The molecular formula is C32H43ClN8O3. The Bertz CT molecular complexity index is 1370. The molecule has 7 rings (SSSR count). The molecule has 236 valence electrons. The number of pyridine rings is 1. The molecule has 5 aliphatic rings. The number of aromatic nitrogens is 3. The van der Waals surface area contributed by atoms with Crippen LogP contribution in [-0.4, -0.2) is 94.2 Å². The third-order valence-electron chi connectivity index (χ3n) is 10.8. The standard InChI is InChI=1S/C32H43ClN8O3/c33-27-19-35-30(37-28(27)40-10-1-2-24(21-40)23-3-4-23)36-25-16-26(18-34-17-25)41-15-9-32(29(41)42)7-13-38(14-8-32)20-22-5-11-39(12-6-22)31(43)44/h16-19,22-24H,1-15,20-21H2,(H,43,44)(H,35,36,37). The van der Waals surface area contributed by atoms with E-state index in [4.69, 9.17) is 16.6 Å². The monoisotopic (exact) mass is 622 g/mol. The number of anilines is 4. The molecule has 1 aliphatic carbocycles. The largest absolute Gasteiger partial charge is 0.465 e. The molecule has 11 nitrogen and oxygen atoms in total. The van der Waals surface area contributed by atoms with Crippen molar-refractivity contribution in [2.75, 3.05) is 67.5 Å². The lowest BCUT2D eigenvalue weighted by molar-refractivity contribution is -0.128. The van der Waals surface area contributed by atoms with Crippen molar-refractivity contribution in [1.82, 2.24) is 24.8 Å². The molecule has 2 aromatic rings. The fourth-order valence-electron chi connectivity index (χ4n) is 7.93. The van der Waals surface area contributed by atoms with Crippen LogP contribution in [0.4, 0.5) is 27.9 Å². The number of piperidine rings is 3. The highest BCUT2D eigenvalue weighted by Gasteiger charge is 2.48. The van der Waals surface area contributed by atoms with Crippen molar-refractivity contribution < 1.29 is 14.7 Å². The fourth-order valence-corrected chi connectivity index (χ4v) is 8.14. The molecule has 2 amide bonds. The summed E-state index contributed by atoms with van der Waals surface area (Å²) in [4.78, 5) is 47.0. The van der Waals surface area contributed by atoms with Crippen LogP contribution in [0.15, 0.2) is 24.7 Å². The number of halogens is 1. The molecule has 44 heavy (non-hydrogen) atoms. The molecule has 2 N–H and O–H groups in total. The van der Waals surface area contributed by atoms with Gasteiger partial charge in [0, 0.05) is 39.3 Å². The average molecular weight is 623 g/mol. The van der Waals surface area contributed by atoms with E-state index < -0.39 is 6.09 Å². The van der Waals surface area contributed by atoms with Crippen LogP contribution in [0.2, 0.25) is 5.02 Å². The van der Waals surface area contributed by atoms with Crippen LogP contribution >= 0.6 is 11.6 Å². The van der Waals surface area contributed by atoms with E-state index in [-0.39, 0.29) is 11.3 Å². The van der Waals surface area contributed by atoms with Gasteiger partial charge in [0.15, 0.2) is 5.82 Å². The van der Waals surface area contributed by atoms with Gasteiger partial charge in [0.25, 0.3) is 0 Å². The molecule has 6 heterocycles. The summed E-state index contributed by atoms with van der Waals surface area (Å²) in [5, 5.41) is 13.1. The molecule has 0 bridgehead atoms. The van der Waals surface area contributed by atoms with Crippen LogP contribution < -0.4 is 15.1 Å². The fraction of sp³-hybridized carbons (Fsp3) is 0.656. The van der Waals surface area contributed by atoms with E-state index in [1.807, 2.05) is 11.0 Å². The molecule has 0 radical (unpaired) electrons. The minimum absolute atomic E-state index is 0.200. The number of amides is 2. The average Bonchev–Trinajstić information content (AvgIpc) is 3.85. The maximum atomic E-state index is 13.8. The lowest BCUT2D eigenvalue weighted by Crippen LogP contribution is -2.47. The van der Waals surface area contributed by atoms with E-state index in [1.165, 1.54) is 24.2 Å². The number of carbonyl (C=O) groups is 2. The van der Waals surface area contributed by atoms with Gasteiger partial charge < -0.3 is 30.0 Å². The smallest absolute Gasteiger partial charge is 0.407 e.